The highest BCUT2D eigenvalue weighted by atomic mass is 16.2. The molecular weight excluding hydrogens is 342 g/mol. The Morgan fingerprint density at radius 1 is 1.11 bits per heavy atom. The summed E-state index contributed by atoms with van der Waals surface area (Å²) in [4.78, 5) is 41.1. The molecule has 1 unspecified atom stereocenters. The third-order valence-corrected chi connectivity index (χ3v) is 5.59. The zero-order valence-corrected chi connectivity index (χ0v) is 16.0. The summed E-state index contributed by atoms with van der Waals surface area (Å²) in [6, 6.07) is 9.15. The van der Waals surface area contributed by atoms with Crippen LogP contribution in [0.25, 0.3) is 0 Å². The molecule has 27 heavy (non-hydrogen) atoms. The second kappa shape index (κ2) is 9.02. The first-order valence-corrected chi connectivity index (χ1v) is 10.0. The van der Waals surface area contributed by atoms with Crippen LogP contribution in [0.5, 0.6) is 0 Å². The summed E-state index contributed by atoms with van der Waals surface area (Å²) in [5.41, 5.74) is 0.643. The highest BCUT2D eigenvalue weighted by Crippen LogP contribution is 2.22. The fourth-order valence-electron chi connectivity index (χ4n) is 4.00. The lowest BCUT2D eigenvalue weighted by molar-refractivity contribution is -0.143. The molecule has 2 heterocycles. The normalized spacial score (nSPS) is 23.7. The lowest BCUT2D eigenvalue weighted by Crippen LogP contribution is -2.50. The molecule has 0 aliphatic carbocycles. The predicted octanol–water partition coefficient (Wildman–Crippen LogP) is 2.06. The molecule has 0 aromatic heterocycles. The first-order valence-electron chi connectivity index (χ1n) is 10.0. The summed E-state index contributed by atoms with van der Waals surface area (Å²) in [5.74, 6) is 0.0637. The molecule has 2 aliphatic heterocycles. The molecule has 1 aromatic carbocycles. The van der Waals surface area contributed by atoms with E-state index in [-0.39, 0.29) is 29.7 Å². The first-order chi connectivity index (χ1) is 13.1. The number of hydrogen-bond acceptors (Lipinski definition) is 3. The van der Waals surface area contributed by atoms with Gasteiger partial charge in [-0.2, -0.15) is 0 Å². The lowest BCUT2D eigenvalue weighted by atomic mass is 9.96. The summed E-state index contributed by atoms with van der Waals surface area (Å²) in [7, 11) is 0. The number of likely N-dealkylation sites (tertiary alicyclic amines) is 2. The minimum absolute atomic E-state index is 0.0309. The molecule has 2 saturated heterocycles. The number of benzene rings is 1. The van der Waals surface area contributed by atoms with Crippen molar-refractivity contribution in [1.29, 1.82) is 0 Å². The zero-order valence-electron chi connectivity index (χ0n) is 16.0. The van der Waals surface area contributed by atoms with E-state index in [9.17, 15) is 14.4 Å². The van der Waals surface area contributed by atoms with Gasteiger partial charge in [0, 0.05) is 44.2 Å². The van der Waals surface area contributed by atoms with Gasteiger partial charge in [0.25, 0.3) is 5.91 Å². The summed E-state index contributed by atoms with van der Waals surface area (Å²) in [6.07, 6.45) is 3.91. The Morgan fingerprint density at radius 3 is 2.63 bits per heavy atom. The van der Waals surface area contributed by atoms with Gasteiger partial charge in [0.05, 0.1) is 5.92 Å². The Hall–Kier alpha value is -2.37. The summed E-state index contributed by atoms with van der Waals surface area (Å²) in [6.45, 7) is 4.40. The summed E-state index contributed by atoms with van der Waals surface area (Å²) < 4.78 is 0. The third-order valence-electron chi connectivity index (χ3n) is 5.59. The Labute approximate surface area is 160 Å². The highest BCUT2D eigenvalue weighted by molar-refractivity contribution is 5.94. The van der Waals surface area contributed by atoms with E-state index in [0.29, 0.717) is 38.0 Å². The second-order valence-corrected chi connectivity index (χ2v) is 7.48. The van der Waals surface area contributed by atoms with Crippen LogP contribution < -0.4 is 5.32 Å². The van der Waals surface area contributed by atoms with Gasteiger partial charge in [-0.15, -0.1) is 0 Å². The lowest BCUT2D eigenvalue weighted by Gasteiger charge is -2.35. The van der Waals surface area contributed by atoms with Crippen molar-refractivity contribution in [2.75, 3.05) is 26.2 Å². The van der Waals surface area contributed by atoms with Crippen LogP contribution in [0.2, 0.25) is 0 Å². The van der Waals surface area contributed by atoms with E-state index in [1.54, 1.807) is 17.0 Å². The molecule has 6 heteroatoms. The number of amides is 3. The van der Waals surface area contributed by atoms with E-state index in [1.165, 1.54) is 0 Å². The van der Waals surface area contributed by atoms with Crippen molar-refractivity contribution < 1.29 is 14.4 Å². The quantitative estimate of drug-likeness (QED) is 0.881. The number of hydrogen-bond donors (Lipinski definition) is 1. The average molecular weight is 371 g/mol. The van der Waals surface area contributed by atoms with Gasteiger partial charge in [0.1, 0.15) is 0 Å². The number of nitrogens with one attached hydrogen (secondary N) is 1. The van der Waals surface area contributed by atoms with Gasteiger partial charge in [-0.05, 0) is 44.7 Å². The van der Waals surface area contributed by atoms with Crippen molar-refractivity contribution in [2.45, 2.75) is 45.1 Å². The topological polar surface area (TPSA) is 69.7 Å². The van der Waals surface area contributed by atoms with Crippen LogP contribution in [0.15, 0.2) is 30.3 Å². The van der Waals surface area contributed by atoms with Crippen molar-refractivity contribution in [3.63, 3.8) is 0 Å². The molecular formula is C21H29N3O3. The van der Waals surface area contributed by atoms with E-state index in [1.807, 2.05) is 30.0 Å². The van der Waals surface area contributed by atoms with Crippen LogP contribution in [0.4, 0.5) is 0 Å². The molecule has 1 aromatic rings. The fraction of sp³-hybridized carbons (Fsp3) is 0.571. The van der Waals surface area contributed by atoms with E-state index in [4.69, 9.17) is 0 Å². The van der Waals surface area contributed by atoms with E-state index < -0.39 is 0 Å². The number of nitrogens with zero attached hydrogens (tertiary/aromatic N) is 2. The maximum Gasteiger partial charge on any atom is 0.251 e. The number of piperidine rings is 1. The highest BCUT2D eigenvalue weighted by Gasteiger charge is 2.33. The summed E-state index contributed by atoms with van der Waals surface area (Å²) >= 11 is 0. The molecule has 2 fully saturated rings. The van der Waals surface area contributed by atoms with Gasteiger partial charge in [-0.3, -0.25) is 14.4 Å². The Morgan fingerprint density at radius 2 is 1.89 bits per heavy atom. The van der Waals surface area contributed by atoms with Crippen LogP contribution in [0.1, 0.15) is 49.4 Å². The maximum absolute atomic E-state index is 13.1. The molecule has 146 valence electrons. The SMILES string of the molecule is CCN1CC(C(=O)N2CCCC[C@H](NC(=O)c3ccccc3)C2)CCC1=O. The van der Waals surface area contributed by atoms with Crippen molar-refractivity contribution in [3.05, 3.63) is 35.9 Å². The van der Waals surface area contributed by atoms with Gasteiger partial charge in [0.15, 0.2) is 0 Å². The van der Waals surface area contributed by atoms with Crippen molar-refractivity contribution in [2.24, 2.45) is 5.92 Å². The monoisotopic (exact) mass is 371 g/mol. The number of carbonyl (C=O) groups is 3. The molecule has 6 nitrogen and oxygen atoms in total. The number of carbonyl (C=O) groups excluding carboxylic acids is 3. The van der Waals surface area contributed by atoms with E-state index in [0.717, 1.165) is 25.8 Å². The minimum Gasteiger partial charge on any atom is -0.348 e. The van der Waals surface area contributed by atoms with Gasteiger partial charge < -0.3 is 15.1 Å². The van der Waals surface area contributed by atoms with Crippen LogP contribution in [0.3, 0.4) is 0 Å². The van der Waals surface area contributed by atoms with Gasteiger partial charge in [-0.1, -0.05) is 18.2 Å². The maximum atomic E-state index is 13.1. The van der Waals surface area contributed by atoms with E-state index in [2.05, 4.69) is 5.32 Å². The largest absolute Gasteiger partial charge is 0.348 e. The van der Waals surface area contributed by atoms with Crippen molar-refractivity contribution in [3.8, 4) is 0 Å². The smallest absolute Gasteiger partial charge is 0.251 e. The predicted molar refractivity (Wildman–Crippen MR) is 103 cm³/mol. The average Bonchev–Trinajstić information content (AvgIpc) is 2.94. The Bertz CT molecular complexity index is 677. The molecule has 3 rings (SSSR count). The number of rotatable bonds is 4. The van der Waals surface area contributed by atoms with Crippen LogP contribution in [-0.2, 0) is 9.59 Å². The van der Waals surface area contributed by atoms with Crippen molar-refractivity contribution in [1.82, 2.24) is 15.1 Å². The first kappa shape index (κ1) is 19.4. The Balaban J connectivity index is 1.61. The second-order valence-electron chi connectivity index (χ2n) is 7.48. The van der Waals surface area contributed by atoms with Crippen LogP contribution >= 0.6 is 0 Å². The molecule has 0 spiro atoms. The minimum atomic E-state index is -0.119. The molecule has 0 saturated carbocycles. The van der Waals surface area contributed by atoms with E-state index >= 15 is 0 Å². The standard InChI is InChI=1S/C21H29N3O3/c1-2-23-14-17(11-12-19(23)25)21(27)24-13-7-6-10-18(15-24)22-20(26)16-8-4-3-5-9-16/h3-5,8-9,17-18H,2,6-7,10-15H2,1H3,(H,22,26)/t17?,18-/m0/s1. The molecule has 1 N–H and O–H groups in total. The summed E-state index contributed by atoms with van der Waals surface area (Å²) in [5, 5.41) is 3.09. The van der Waals surface area contributed by atoms with Crippen LogP contribution in [0, 0.1) is 5.92 Å². The zero-order chi connectivity index (χ0) is 19.2. The molecule has 3 amide bonds. The van der Waals surface area contributed by atoms with Gasteiger partial charge in [-0.25, -0.2) is 0 Å². The molecule has 2 aliphatic rings. The molecule has 2 atom stereocenters. The van der Waals surface area contributed by atoms with Crippen LogP contribution in [-0.4, -0.2) is 59.7 Å². The fourth-order valence-corrected chi connectivity index (χ4v) is 4.00. The molecule has 0 radical (unpaired) electrons. The third kappa shape index (κ3) is 4.87. The molecule has 0 bridgehead atoms. The van der Waals surface area contributed by atoms with Gasteiger partial charge >= 0.3 is 0 Å². The van der Waals surface area contributed by atoms with Crippen molar-refractivity contribution >= 4 is 17.7 Å². The van der Waals surface area contributed by atoms with Gasteiger partial charge in [0.2, 0.25) is 11.8 Å². The Kier molecular flexibility index (Phi) is 6.48.